The van der Waals surface area contributed by atoms with Crippen molar-refractivity contribution in [2.75, 3.05) is 33.9 Å². The summed E-state index contributed by atoms with van der Waals surface area (Å²) in [6.45, 7) is 13.6. The molecule has 0 unspecified atom stereocenters. The Morgan fingerprint density at radius 2 is 1.06 bits per heavy atom. The first-order valence-electron chi connectivity index (χ1n) is 32.7. The highest BCUT2D eigenvalue weighted by molar-refractivity contribution is 5.86. The Kier molecular flexibility index (Phi) is 20.7. The van der Waals surface area contributed by atoms with Crippen molar-refractivity contribution in [3.63, 3.8) is 0 Å². The lowest BCUT2D eigenvalue weighted by Gasteiger charge is -2.26. The number of halogens is 1. The first-order valence-corrected chi connectivity index (χ1v) is 32.7. The predicted octanol–water partition coefficient (Wildman–Crippen LogP) is 14.2. The molecule has 3 spiro atoms. The van der Waals surface area contributed by atoms with E-state index < -0.39 is 41.7 Å². The van der Waals surface area contributed by atoms with Crippen molar-refractivity contribution >= 4 is 42.7 Å². The largest absolute Gasteiger partial charge is 0.496 e. The van der Waals surface area contributed by atoms with Crippen molar-refractivity contribution in [3.8, 4) is 45.3 Å². The van der Waals surface area contributed by atoms with Gasteiger partial charge in [-0.25, -0.2) is 9.59 Å². The highest BCUT2D eigenvalue weighted by Crippen LogP contribution is 2.57. The summed E-state index contributed by atoms with van der Waals surface area (Å²) in [5.41, 5.74) is 16.4. The van der Waals surface area contributed by atoms with Crippen LogP contribution in [-0.2, 0) is 64.6 Å². The van der Waals surface area contributed by atoms with Crippen molar-refractivity contribution in [2.24, 2.45) is 16.2 Å². The molecule has 0 aromatic heterocycles. The molecule has 4 N–H and O–H groups in total. The number of methoxy groups -OCH3 is 2. The van der Waals surface area contributed by atoms with Crippen LogP contribution in [0, 0.1) is 30.1 Å². The van der Waals surface area contributed by atoms with Gasteiger partial charge in [0.25, 0.3) is 0 Å². The van der Waals surface area contributed by atoms with Crippen LogP contribution < -0.4 is 24.3 Å². The molecule has 3 saturated carbocycles. The van der Waals surface area contributed by atoms with Gasteiger partial charge < -0.3 is 44.3 Å². The van der Waals surface area contributed by atoms with Crippen LogP contribution in [0.3, 0.4) is 0 Å². The van der Waals surface area contributed by atoms with Crippen LogP contribution in [0.2, 0.25) is 0 Å². The fourth-order valence-electron chi connectivity index (χ4n) is 14.6. The third-order valence-electron chi connectivity index (χ3n) is 20.4. The number of carboxylic acids is 3. The molecular weight excluding hydrogens is 1200 g/mol. The summed E-state index contributed by atoms with van der Waals surface area (Å²) in [6, 6.07) is 36.1. The topological polar surface area (TPSA) is 211 Å². The molecule has 1 amide bonds. The molecule has 0 radical (unpaired) electrons. The molecule has 14 rings (SSSR count). The van der Waals surface area contributed by atoms with E-state index in [1.54, 1.807) is 35.0 Å². The number of ether oxygens (including phenoxy) is 5. The monoisotopic (exact) mass is 1290 g/mol. The Labute approximate surface area is 552 Å². The number of carbonyl (C=O) groups is 5. The van der Waals surface area contributed by atoms with Crippen molar-refractivity contribution in [1.29, 1.82) is 0 Å². The minimum absolute atomic E-state index is 0. The third kappa shape index (κ3) is 15.5. The second-order valence-electron chi connectivity index (χ2n) is 27.9. The van der Waals surface area contributed by atoms with E-state index in [9.17, 15) is 29.1 Å². The molecule has 6 aromatic carbocycles. The van der Waals surface area contributed by atoms with Gasteiger partial charge in [0.05, 0.1) is 19.8 Å². The number of carboxylic acid groups (broad SMARTS) is 3. The maximum Gasteiger partial charge on any atom is 0.411 e. The van der Waals surface area contributed by atoms with Crippen molar-refractivity contribution < 1.29 is 63.0 Å². The molecule has 16 nitrogen and oxygen atoms in total. The Morgan fingerprint density at radius 1 is 0.581 bits per heavy atom. The van der Waals surface area contributed by atoms with Crippen LogP contribution >= 0.6 is 12.4 Å². The molecule has 0 bridgehead atoms. The van der Waals surface area contributed by atoms with Gasteiger partial charge in [-0.05, 0) is 214 Å². The van der Waals surface area contributed by atoms with Crippen LogP contribution in [-0.4, -0.2) is 113 Å². The zero-order chi connectivity index (χ0) is 65.1. The van der Waals surface area contributed by atoms with Crippen molar-refractivity contribution in [2.45, 2.75) is 174 Å². The number of aliphatic carboxylic acids is 3. The number of nitrogens with zero attached hydrogens (tertiary/aromatic N) is 2. The van der Waals surface area contributed by atoms with Gasteiger partial charge in [-0.2, -0.15) is 0 Å². The van der Waals surface area contributed by atoms with E-state index in [1.807, 2.05) is 24.3 Å². The molecule has 93 heavy (non-hydrogen) atoms. The standard InChI is InChI=1S/C32H35NO4.C25H24O3.C12H19NO4.C7H11NO2.ClH/c1-21-23(10-6-11-24(21)22-8-4-3-5-9-22)19-37-30-16-29(36-2)27(25-12-7-13-26(25)30)18-33-20-32(14-15-32)17-28(33)31(34)35;1-17-19(10-6-11-20(17)18-8-4-3-5-9-18)16-28-25-14-24(27-2)23(15-26)21-12-7-13-22(21)25;1-11(2,3)17-10(16)13-7-12(4-5-12)6-8(13)9(14)15;9-6(10)5-3-7(1-2-7)4-8-5;/h3-6,8-11,16,28H,7,12-15,17-20H2,1-2H3,(H,34,35);3-6,8-11,14-15H,7,12-13,16H2,1-2H3;8H,4-7H2,1-3H3,(H,14,15);5,8H,1-4H2,(H,9,10);1H/t28-;;8-;5-;/m0.00./s1. The fourth-order valence-corrected chi connectivity index (χ4v) is 14.6. The minimum atomic E-state index is -0.931. The van der Waals surface area contributed by atoms with Crippen LogP contribution in [0.25, 0.3) is 22.3 Å². The second kappa shape index (κ2) is 28.3. The second-order valence-corrected chi connectivity index (χ2v) is 27.9. The highest BCUT2D eigenvalue weighted by atomic mass is 35.5. The van der Waals surface area contributed by atoms with E-state index in [2.05, 4.69) is 109 Å². The summed E-state index contributed by atoms with van der Waals surface area (Å²) >= 11 is 0. The van der Waals surface area contributed by atoms with E-state index in [1.165, 1.54) is 67.8 Å². The van der Waals surface area contributed by atoms with Crippen LogP contribution in [0.1, 0.15) is 152 Å². The summed E-state index contributed by atoms with van der Waals surface area (Å²) in [5, 5.41) is 30.6. The SMILES string of the molecule is CC(C)(C)OC(=O)N1CC2(CC2)C[C@H]1C(=O)O.COc1cc(OCc2cccc(-c3ccccc3)c2C)c2c(c1C=O)CCC2.COc1cc(OCc2cccc(-c3ccccc3)c2C)c2c(c1CN1CC3(CC3)C[C@H]1C(=O)O)CCC2.Cl.O=C(O)[C@@H]1CC2(CC2)CN1. The average Bonchev–Trinajstić information content (AvgIpc) is 1.62. The lowest BCUT2D eigenvalue weighted by atomic mass is 9.97. The number of aldehydes is 1. The number of fused-ring (bicyclic) bond motifs is 2. The van der Waals surface area contributed by atoms with Crippen LogP contribution in [0.15, 0.2) is 109 Å². The zero-order valence-corrected chi connectivity index (χ0v) is 55.6. The number of hydrogen-bond donors (Lipinski definition) is 4. The number of benzene rings is 6. The maximum absolute atomic E-state index is 12.0. The number of nitrogens with one attached hydrogen (secondary N) is 1. The number of amides is 1. The third-order valence-corrected chi connectivity index (χ3v) is 20.4. The molecule has 17 heteroatoms. The number of rotatable bonds is 16. The fraction of sp³-hybridized carbons (Fsp3) is 0.461. The summed E-state index contributed by atoms with van der Waals surface area (Å²) in [5.74, 6) is 0.814. The van der Waals surface area contributed by atoms with Gasteiger partial charge in [0, 0.05) is 43.9 Å². The first-order chi connectivity index (χ1) is 44.1. The molecule has 3 atom stereocenters. The summed E-state index contributed by atoms with van der Waals surface area (Å²) in [6.07, 6.45) is 15.3. The smallest absolute Gasteiger partial charge is 0.411 e. The first kappa shape index (κ1) is 68.0. The predicted molar refractivity (Wildman–Crippen MR) is 359 cm³/mol. The van der Waals surface area contributed by atoms with Crippen molar-refractivity contribution in [3.05, 3.63) is 165 Å². The molecule has 3 aliphatic heterocycles. The lowest BCUT2D eigenvalue weighted by molar-refractivity contribution is -0.143. The van der Waals surface area contributed by atoms with Gasteiger partial charge >= 0.3 is 24.0 Å². The van der Waals surface area contributed by atoms with E-state index in [0.29, 0.717) is 49.5 Å². The molecule has 494 valence electrons. The summed E-state index contributed by atoms with van der Waals surface area (Å²) in [4.78, 5) is 60.6. The average molecular weight is 1290 g/mol. The molecule has 8 aliphatic rings. The van der Waals surface area contributed by atoms with E-state index >= 15 is 0 Å². The minimum Gasteiger partial charge on any atom is -0.496 e. The van der Waals surface area contributed by atoms with Crippen LogP contribution in [0.5, 0.6) is 23.0 Å². The Balaban J connectivity index is 0.000000148. The maximum atomic E-state index is 12.0. The van der Waals surface area contributed by atoms with Gasteiger partial charge in [0.15, 0.2) is 6.29 Å². The Morgan fingerprint density at radius 3 is 1.53 bits per heavy atom. The lowest BCUT2D eigenvalue weighted by Crippen LogP contribution is -2.43. The summed E-state index contributed by atoms with van der Waals surface area (Å²) in [7, 11) is 3.30. The number of carbonyl (C=O) groups excluding carboxylic acids is 2. The molecule has 6 aromatic rings. The number of likely N-dealkylation sites (tertiary alicyclic amines) is 2. The van der Waals surface area contributed by atoms with Crippen LogP contribution in [0.4, 0.5) is 4.79 Å². The van der Waals surface area contributed by atoms with Gasteiger partial charge in [-0.1, -0.05) is 97.1 Å². The normalized spacial score (nSPS) is 20.1. The Hall–Kier alpha value is -7.92. The van der Waals surface area contributed by atoms with Gasteiger partial charge in [-0.3, -0.25) is 24.2 Å². The molecule has 5 aliphatic carbocycles. The Bertz CT molecular complexity index is 3720. The van der Waals surface area contributed by atoms with Gasteiger partial charge in [0.1, 0.15) is 59.9 Å². The van der Waals surface area contributed by atoms with Gasteiger partial charge in [0.2, 0.25) is 0 Å². The quantitative estimate of drug-likeness (QED) is 0.0664. The van der Waals surface area contributed by atoms with E-state index in [-0.39, 0.29) is 29.3 Å². The highest BCUT2D eigenvalue weighted by Gasteiger charge is 2.57. The van der Waals surface area contributed by atoms with E-state index in [4.69, 9.17) is 33.9 Å². The molecule has 3 heterocycles. The zero-order valence-electron chi connectivity index (χ0n) is 54.8. The molecule has 6 fully saturated rings. The number of hydrogen-bond acceptors (Lipinski definition) is 12. The summed E-state index contributed by atoms with van der Waals surface area (Å²) < 4.78 is 29.3. The van der Waals surface area contributed by atoms with Gasteiger partial charge in [-0.15, -0.1) is 12.4 Å². The van der Waals surface area contributed by atoms with Crippen molar-refractivity contribution in [1.82, 2.24) is 15.1 Å². The van der Waals surface area contributed by atoms with E-state index in [0.717, 1.165) is 136 Å². The molecular formula is C76H90ClN3O13. The molecule has 3 saturated heterocycles.